The van der Waals surface area contributed by atoms with Crippen molar-refractivity contribution < 1.29 is 9.53 Å². The van der Waals surface area contributed by atoms with Crippen molar-refractivity contribution in [2.24, 2.45) is 0 Å². The highest BCUT2D eigenvalue weighted by molar-refractivity contribution is 5.99. The van der Waals surface area contributed by atoms with E-state index in [2.05, 4.69) is 42.8 Å². The van der Waals surface area contributed by atoms with Crippen molar-refractivity contribution in [1.29, 1.82) is 0 Å². The summed E-state index contributed by atoms with van der Waals surface area (Å²) in [6.07, 6.45) is 0. The molecule has 2 aromatic rings. The molecule has 1 saturated heterocycles. The smallest absolute Gasteiger partial charge is 0.253 e. The molecule has 2 heterocycles. The Morgan fingerprint density at radius 1 is 1.38 bits per heavy atom. The lowest BCUT2D eigenvalue weighted by atomic mass is 10.1. The maximum atomic E-state index is 12.8. The fourth-order valence-electron chi connectivity index (χ4n) is 3.55. The summed E-state index contributed by atoms with van der Waals surface area (Å²) in [5.74, 6) is 0.131. The highest BCUT2D eigenvalue weighted by Gasteiger charge is 2.22. The van der Waals surface area contributed by atoms with Crippen LogP contribution in [0.15, 0.2) is 18.2 Å². The van der Waals surface area contributed by atoms with E-state index in [0.29, 0.717) is 12.6 Å². The van der Waals surface area contributed by atoms with Crippen molar-refractivity contribution in [3.05, 3.63) is 35.0 Å². The number of fused-ring (bicyclic) bond motifs is 1. The van der Waals surface area contributed by atoms with Crippen LogP contribution in [-0.4, -0.2) is 54.8 Å². The minimum Gasteiger partial charge on any atom is -0.383 e. The van der Waals surface area contributed by atoms with Crippen LogP contribution >= 0.6 is 0 Å². The maximum absolute atomic E-state index is 12.8. The van der Waals surface area contributed by atoms with Gasteiger partial charge in [0.15, 0.2) is 0 Å². The van der Waals surface area contributed by atoms with Gasteiger partial charge in [0.1, 0.15) is 0 Å². The molecule has 1 aliphatic heterocycles. The maximum Gasteiger partial charge on any atom is 0.253 e. The molecule has 130 valence electrons. The zero-order valence-electron chi connectivity index (χ0n) is 15.1. The third-order valence-electron chi connectivity index (χ3n) is 5.06. The number of nitrogens with zero attached hydrogens (tertiary/aromatic N) is 2. The normalized spacial score (nSPS) is 18.3. The summed E-state index contributed by atoms with van der Waals surface area (Å²) in [6, 6.07) is 6.44. The summed E-state index contributed by atoms with van der Waals surface area (Å²) >= 11 is 0. The number of rotatable bonds is 4. The van der Waals surface area contributed by atoms with Crippen molar-refractivity contribution >= 4 is 16.8 Å². The molecular formula is C19H27N3O2. The number of nitrogens with one attached hydrogen (secondary N) is 1. The monoisotopic (exact) mass is 329 g/mol. The molecule has 0 unspecified atom stereocenters. The fraction of sp³-hybridized carbons (Fsp3) is 0.526. The van der Waals surface area contributed by atoms with Crippen LogP contribution in [-0.2, 0) is 11.3 Å². The van der Waals surface area contributed by atoms with Gasteiger partial charge in [-0.1, -0.05) is 0 Å². The van der Waals surface area contributed by atoms with E-state index in [-0.39, 0.29) is 5.91 Å². The second-order valence-electron chi connectivity index (χ2n) is 6.69. The van der Waals surface area contributed by atoms with Gasteiger partial charge in [0.05, 0.1) is 6.61 Å². The Balaban J connectivity index is 1.93. The number of aryl methyl sites for hydroxylation is 1. The summed E-state index contributed by atoms with van der Waals surface area (Å²) in [5, 5.41) is 4.54. The Morgan fingerprint density at radius 3 is 2.88 bits per heavy atom. The van der Waals surface area contributed by atoms with Crippen LogP contribution in [0.4, 0.5) is 0 Å². The Kier molecular flexibility index (Phi) is 4.92. The number of ether oxygens (including phenoxy) is 1. The van der Waals surface area contributed by atoms with Crippen molar-refractivity contribution in [3.8, 4) is 0 Å². The molecule has 0 aliphatic carbocycles. The van der Waals surface area contributed by atoms with E-state index in [1.807, 2.05) is 11.0 Å². The Bertz CT molecular complexity index is 751. The molecule has 0 spiro atoms. The van der Waals surface area contributed by atoms with Gasteiger partial charge >= 0.3 is 0 Å². The van der Waals surface area contributed by atoms with Gasteiger partial charge in [-0.15, -0.1) is 0 Å². The molecule has 1 atom stereocenters. The molecule has 0 bridgehead atoms. The van der Waals surface area contributed by atoms with Crippen LogP contribution in [0.5, 0.6) is 0 Å². The number of hydrogen-bond acceptors (Lipinski definition) is 3. The summed E-state index contributed by atoms with van der Waals surface area (Å²) < 4.78 is 7.50. The summed E-state index contributed by atoms with van der Waals surface area (Å²) in [4.78, 5) is 14.8. The van der Waals surface area contributed by atoms with E-state index in [4.69, 9.17) is 4.74 Å². The van der Waals surface area contributed by atoms with E-state index in [1.165, 1.54) is 16.8 Å². The second-order valence-corrected chi connectivity index (χ2v) is 6.69. The van der Waals surface area contributed by atoms with E-state index in [9.17, 15) is 4.79 Å². The van der Waals surface area contributed by atoms with Gasteiger partial charge < -0.3 is 19.5 Å². The van der Waals surface area contributed by atoms with Crippen LogP contribution in [0, 0.1) is 13.8 Å². The van der Waals surface area contributed by atoms with Gasteiger partial charge in [-0.2, -0.15) is 0 Å². The van der Waals surface area contributed by atoms with Crippen LogP contribution in [0.2, 0.25) is 0 Å². The molecule has 24 heavy (non-hydrogen) atoms. The molecule has 5 heteroatoms. The van der Waals surface area contributed by atoms with Crippen LogP contribution in [0.25, 0.3) is 10.9 Å². The van der Waals surface area contributed by atoms with Gasteiger partial charge in [-0.25, -0.2) is 0 Å². The minimum atomic E-state index is 0.131. The first-order valence-electron chi connectivity index (χ1n) is 8.64. The third kappa shape index (κ3) is 3.06. The molecule has 1 aromatic heterocycles. The number of hydrogen-bond donors (Lipinski definition) is 1. The second kappa shape index (κ2) is 6.95. The highest BCUT2D eigenvalue weighted by Crippen LogP contribution is 2.27. The molecule has 1 aliphatic rings. The number of piperazine rings is 1. The largest absolute Gasteiger partial charge is 0.383 e. The molecule has 3 rings (SSSR count). The van der Waals surface area contributed by atoms with Gasteiger partial charge in [-0.3, -0.25) is 4.79 Å². The predicted molar refractivity (Wildman–Crippen MR) is 96.7 cm³/mol. The van der Waals surface area contributed by atoms with Gasteiger partial charge in [-0.05, 0) is 44.5 Å². The first-order valence-corrected chi connectivity index (χ1v) is 8.64. The standard InChI is InChI=1S/C19H27N3O2/c1-13-12-21(8-7-20-13)19(23)16-5-6-18-17(11-16)14(2)15(3)22(18)9-10-24-4/h5-6,11,13,20H,7-10,12H2,1-4H3/t13-/m1/s1. The van der Waals surface area contributed by atoms with Crippen LogP contribution in [0.1, 0.15) is 28.5 Å². The fourth-order valence-corrected chi connectivity index (χ4v) is 3.55. The average Bonchev–Trinajstić information content (AvgIpc) is 2.83. The van der Waals surface area contributed by atoms with Gasteiger partial charge in [0.2, 0.25) is 0 Å². The van der Waals surface area contributed by atoms with E-state index in [1.54, 1.807) is 7.11 Å². The number of methoxy groups -OCH3 is 1. The Labute approximate surface area is 143 Å². The van der Waals surface area contributed by atoms with Crippen molar-refractivity contribution in [1.82, 2.24) is 14.8 Å². The summed E-state index contributed by atoms with van der Waals surface area (Å²) in [5.41, 5.74) is 4.43. The van der Waals surface area contributed by atoms with Crippen molar-refractivity contribution in [2.75, 3.05) is 33.4 Å². The molecule has 5 nitrogen and oxygen atoms in total. The Morgan fingerprint density at radius 2 is 2.17 bits per heavy atom. The lowest BCUT2D eigenvalue weighted by Crippen LogP contribution is -2.51. The van der Waals surface area contributed by atoms with Gasteiger partial charge in [0, 0.05) is 61.5 Å². The SMILES string of the molecule is COCCn1c(C)c(C)c2cc(C(=O)N3CCN[C@H](C)C3)ccc21. The van der Waals surface area contributed by atoms with Crippen molar-refractivity contribution in [2.45, 2.75) is 33.4 Å². The predicted octanol–water partition coefficient (Wildman–Crippen LogP) is 2.34. The van der Waals surface area contributed by atoms with E-state index >= 15 is 0 Å². The quantitative estimate of drug-likeness (QED) is 0.936. The number of aromatic nitrogens is 1. The topological polar surface area (TPSA) is 46.5 Å². The van der Waals surface area contributed by atoms with Crippen molar-refractivity contribution in [3.63, 3.8) is 0 Å². The molecule has 1 aromatic carbocycles. The number of benzene rings is 1. The summed E-state index contributed by atoms with van der Waals surface area (Å²) in [6.45, 7) is 10.3. The first-order chi connectivity index (χ1) is 11.5. The average molecular weight is 329 g/mol. The minimum absolute atomic E-state index is 0.131. The van der Waals surface area contributed by atoms with E-state index < -0.39 is 0 Å². The molecule has 0 radical (unpaired) electrons. The molecular weight excluding hydrogens is 302 g/mol. The lowest BCUT2D eigenvalue weighted by Gasteiger charge is -2.32. The van der Waals surface area contributed by atoms with Gasteiger partial charge in [0.25, 0.3) is 5.91 Å². The van der Waals surface area contributed by atoms with E-state index in [0.717, 1.165) is 37.1 Å². The Hall–Kier alpha value is -1.85. The zero-order chi connectivity index (χ0) is 17.3. The number of amides is 1. The molecule has 1 N–H and O–H groups in total. The third-order valence-corrected chi connectivity index (χ3v) is 5.06. The summed E-state index contributed by atoms with van der Waals surface area (Å²) in [7, 11) is 1.72. The highest BCUT2D eigenvalue weighted by atomic mass is 16.5. The van der Waals surface area contributed by atoms with Crippen LogP contribution < -0.4 is 5.32 Å². The molecule has 0 saturated carbocycles. The number of carbonyl (C=O) groups excluding carboxylic acids is 1. The molecule has 1 fully saturated rings. The van der Waals surface area contributed by atoms with Crippen LogP contribution in [0.3, 0.4) is 0 Å². The zero-order valence-corrected chi connectivity index (χ0v) is 15.1. The number of carbonyl (C=O) groups is 1. The molecule has 1 amide bonds. The first kappa shape index (κ1) is 17.0. The lowest BCUT2D eigenvalue weighted by molar-refractivity contribution is 0.0709.